The van der Waals surface area contributed by atoms with Crippen LogP contribution >= 0.6 is 0 Å². The number of rotatable bonds is 6. The average Bonchev–Trinajstić information content (AvgIpc) is 2.34. The van der Waals surface area contributed by atoms with Gasteiger partial charge in [0.25, 0.3) is 5.91 Å². The van der Waals surface area contributed by atoms with E-state index in [0.717, 1.165) is 0 Å². The van der Waals surface area contributed by atoms with Crippen LogP contribution < -0.4 is 10.2 Å². The first-order valence-electron chi connectivity index (χ1n) is 4.94. The molecule has 1 N–H and O–H groups in total. The van der Waals surface area contributed by atoms with Gasteiger partial charge in [0.2, 0.25) is 0 Å². The van der Waals surface area contributed by atoms with Crippen LogP contribution in [-0.4, -0.2) is 33.3 Å². The summed E-state index contributed by atoms with van der Waals surface area (Å²) in [6.07, 6.45) is 0. The normalized spacial score (nSPS) is 10.1. The molecule has 1 amide bonds. The fraction of sp³-hybridized carbons (Fsp3) is 0.364. The van der Waals surface area contributed by atoms with E-state index in [4.69, 9.17) is 14.3 Å². The summed E-state index contributed by atoms with van der Waals surface area (Å²) in [4.78, 5) is 16.4. The van der Waals surface area contributed by atoms with E-state index in [9.17, 15) is 9.18 Å². The predicted molar refractivity (Wildman–Crippen MR) is 58.2 cm³/mol. The number of hydrogen-bond donors (Lipinski definition) is 1. The molecule has 0 aliphatic rings. The van der Waals surface area contributed by atoms with Gasteiger partial charge in [0, 0.05) is 7.11 Å². The number of methoxy groups -OCH3 is 2. The monoisotopic (exact) mass is 243 g/mol. The summed E-state index contributed by atoms with van der Waals surface area (Å²) in [7, 11) is 2.86. The Bertz CT molecular complexity index is 384. The van der Waals surface area contributed by atoms with Crippen molar-refractivity contribution in [3.63, 3.8) is 0 Å². The van der Waals surface area contributed by atoms with Crippen molar-refractivity contribution in [2.75, 3.05) is 27.4 Å². The number of benzene rings is 1. The fourth-order valence-corrected chi connectivity index (χ4v) is 1.19. The zero-order valence-electron chi connectivity index (χ0n) is 9.66. The van der Waals surface area contributed by atoms with Crippen molar-refractivity contribution >= 4 is 5.91 Å². The summed E-state index contributed by atoms with van der Waals surface area (Å²) in [5, 5.41) is 0. The standard InChI is InChI=1S/C11H14FNO4/c1-15-6-7-17-13-11(14)10-8(12)4-3-5-9(10)16-2/h3-5H,6-7H2,1-2H3,(H,13,14). The summed E-state index contributed by atoms with van der Waals surface area (Å²) in [6, 6.07) is 4.12. The zero-order valence-corrected chi connectivity index (χ0v) is 9.66. The molecule has 0 atom stereocenters. The molecule has 0 aromatic heterocycles. The van der Waals surface area contributed by atoms with Gasteiger partial charge < -0.3 is 9.47 Å². The predicted octanol–water partition coefficient (Wildman–Crippen LogP) is 1.14. The van der Waals surface area contributed by atoms with E-state index in [0.29, 0.717) is 6.61 Å². The van der Waals surface area contributed by atoms with Gasteiger partial charge in [-0.3, -0.25) is 9.63 Å². The molecule has 5 nitrogen and oxygen atoms in total. The highest BCUT2D eigenvalue weighted by Gasteiger charge is 2.17. The van der Waals surface area contributed by atoms with Gasteiger partial charge in [-0.1, -0.05) is 6.07 Å². The van der Waals surface area contributed by atoms with E-state index in [2.05, 4.69) is 5.48 Å². The van der Waals surface area contributed by atoms with Gasteiger partial charge >= 0.3 is 0 Å². The van der Waals surface area contributed by atoms with Gasteiger partial charge in [-0.25, -0.2) is 9.87 Å². The van der Waals surface area contributed by atoms with E-state index >= 15 is 0 Å². The number of hydroxylamine groups is 1. The number of halogens is 1. The van der Waals surface area contributed by atoms with Crippen LogP contribution in [-0.2, 0) is 9.57 Å². The minimum atomic E-state index is -0.698. The maximum atomic E-state index is 13.4. The van der Waals surface area contributed by atoms with Gasteiger partial charge in [0.1, 0.15) is 17.1 Å². The Morgan fingerprint density at radius 3 is 2.76 bits per heavy atom. The van der Waals surface area contributed by atoms with Crippen molar-refractivity contribution in [3.05, 3.63) is 29.6 Å². The molecule has 1 aromatic rings. The number of ether oxygens (including phenoxy) is 2. The molecule has 0 bridgehead atoms. The van der Waals surface area contributed by atoms with Crippen molar-refractivity contribution in [1.82, 2.24) is 5.48 Å². The minimum absolute atomic E-state index is 0.151. The lowest BCUT2D eigenvalue weighted by atomic mass is 10.2. The largest absolute Gasteiger partial charge is 0.496 e. The first-order chi connectivity index (χ1) is 8.20. The molecule has 94 valence electrons. The lowest BCUT2D eigenvalue weighted by molar-refractivity contribution is 0.00849. The van der Waals surface area contributed by atoms with Gasteiger partial charge in [-0.2, -0.15) is 0 Å². The second-order valence-corrected chi connectivity index (χ2v) is 3.09. The van der Waals surface area contributed by atoms with Crippen LogP contribution in [0.25, 0.3) is 0 Å². The topological polar surface area (TPSA) is 56.8 Å². The summed E-state index contributed by atoms with van der Waals surface area (Å²) in [6.45, 7) is 0.508. The first kappa shape index (κ1) is 13.4. The molecule has 0 radical (unpaired) electrons. The number of hydrogen-bond acceptors (Lipinski definition) is 4. The molecule has 0 aliphatic carbocycles. The Hall–Kier alpha value is -1.66. The highest BCUT2D eigenvalue weighted by molar-refractivity contribution is 5.96. The third kappa shape index (κ3) is 3.69. The van der Waals surface area contributed by atoms with Crippen molar-refractivity contribution in [1.29, 1.82) is 0 Å². The Morgan fingerprint density at radius 1 is 1.35 bits per heavy atom. The Morgan fingerprint density at radius 2 is 2.12 bits per heavy atom. The third-order valence-corrected chi connectivity index (χ3v) is 1.98. The molecule has 0 unspecified atom stereocenters. The Labute approximate surface area is 98.4 Å². The Kier molecular flexibility index (Phi) is 5.38. The van der Waals surface area contributed by atoms with Gasteiger partial charge in [0.15, 0.2) is 0 Å². The molecule has 1 rings (SSSR count). The second kappa shape index (κ2) is 6.82. The third-order valence-electron chi connectivity index (χ3n) is 1.98. The summed E-state index contributed by atoms with van der Waals surface area (Å²) in [5.41, 5.74) is 1.92. The summed E-state index contributed by atoms with van der Waals surface area (Å²) >= 11 is 0. The molecule has 0 fully saturated rings. The second-order valence-electron chi connectivity index (χ2n) is 3.09. The number of carbonyl (C=O) groups excluding carboxylic acids is 1. The van der Waals surface area contributed by atoms with Crippen molar-refractivity contribution < 1.29 is 23.5 Å². The van der Waals surface area contributed by atoms with Gasteiger partial charge in [0.05, 0.1) is 20.3 Å². The molecular weight excluding hydrogens is 229 g/mol. The van der Waals surface area contributed by atoms with Gasteiger partial charge in [-0.15, -0.1) is 0 Å². The quantitative estimate of drug-likeness (QED) is 0.601. The number of carbonyl (C=O) groups is 1. The van der Waals surface area contributed by atoms with Crippen LogP contribution in [0.5, 0.6) is 5.75 Å². The van der Waals surface area contributed by atoms with E-state index < -0.39 is 11.7 Å². The van der Waals surface area contributed by atoms with Crippen molar-refractivity contribution in [3.8, 4) is 5.75 Å². The lowest BCUT2D eigenvalue weighted by Gasteiger charge is -2.09. The Balaban J connectivity index is 2.68. The molecule has 0 spiro atoms. The zero-order chi connectivity index (χ0) is 12.7. The smallest absolute Gasteiger partial charge is 0.281 e. The van der Waals surface area contributed by atoms with E-state index in [-0.39, 0.29) is 17.9 Å². The highest BCUT2D eigenvalue weighted by atomic mass is 19.1. The van der Waals surface area contributed by atoms with Crippen molar-refractivity contribution in [2.24, 2.45) is 0 Å². The van der Waals surface area contributed by atoms with Crippen LogP contribution in [0.2, 0.25) is 0 Å². The number of amides is 1. The minimum Gasteiger partial charge on any atom is -0.496 e. The molecular formula is C11H14FNO4. The van der Waals surface area contributed by atoms with Crippen molar-refractivity contribution in [2.45, 2.75) is 0 Å². The molecule has 0 heterocycles. The summed E-state index contributed by atoms with van der Waals surface area (Å²) in [5.74, 6) is -1.22. The summed E-state index contributed by atoms with van der Waals surface area (Å²) < 4.78 is 23.1. The van der Waals surface area contributed by atoms with E-state index in [1.807, 2.05) is 0 Å². The van der Waals surface area contributed by atoms with Crippen LogP contribution in [0.4, 0.5) is 4.39 Å². The first-order valence-corrected chi connectivity index (χ1v) is 4.94. The maximum Gasteiger partial charge on any atom is 0.281 e. The number of nitrogens with one attached hydrogen (secondary N) is 1. The molecule has 0 aliphatic heterocycles. The molecule has 6 heteroatoms. The lowest BCUT2D eigenvalue weighted by Crippen LogP contribution is -2.26. The van der Waals surface area contributed by atoms with Crippen LogP contribution in [0.15, 0.2) is 18.2 Å². The van der Waals surface area contributed by atoms with Gasteiger partial charge in [-0.05, 0) is 12.1 Å². The maximum absolute atomic E-state index is 13.4. The fourth-order valence-electron chi connectivity index (χ4n) is 1.19. The molecule has 0 saturated heterocycles. The van der Waals surface area contributed by atoms with E-state index in [1.54, 1.807) is 0 Å². The molecule has 17 heavy (non-hydrogen) atoms. The van der Waals surface area contributed by atoms with Crippen LogP contribution in [0.3, 0.4) is 0 Å². The van der Waals surface area contributed by atoms with Crippen LogP contribution in [0.1, 0.15) is 10.4 Å². The molecule has 0 saturated carbocycles. The highest BCUT2D eigenvalue weighted by Crippen LogP contribution is 2.20. The van der Waals surface area contributed by atoms with E-state index in [1.165, 1.54) is 32.4 Å². The SMILES string of the molecule is COCCONC(=O)c1c(F)cccc1OC. The molecule has 1 aromatic carbocycles. The average molecular weight is 243 g/mol. The van der Waals surface area contributed by atoms with Crippen LogP contribution in [0, 0.1) is 5.82 Å².